The van der Waals surface area contributed by atoms with Crippen LogP contribution in [-0.2, 0) is 7.05 Å². The van der Waals surface area contributed by atoms with Gasteiger partial charge in [-0.25, -0.2) is 4.98 Å². The van der Waals surface area contributed by atoms with Crippen molar-refractivity contribution in [2.24, 2.45) is 7.05 Å². The summed E-state index contributed by atoms with van der Waals surface area (Å²) in [6, 6.07) is 5.67. The summed E-state index contributed by atoms with van der Waals surface area (Å²) in [5.74, 6) is 0.712. The normalized spacial score (nSPS) is 11.0. The Morgan fingerprint density at radius 2 is 2.11 bits per heavy atom. The zero-order chi connectivity index (χ0) is 12.7. The fourth-order valence-electron chi connectivity index (χ4n) is 1.97. The Balaban J connectivity index is 2.33. The van der Waals surface area contributed by atoms with Crippen LogP contribution in [-0.4, -0.2) is 19.7 Å². The molecule has 1 aromatic carbocycles. The molecule has 0 saturated heterocycles. The average molecular weight is 240 g/mol. The smallest absolute Gasteiger partial charge is 0.261 e. The topological polar surface area (TPSA) is 63.6 Å². The molecular formula is C13H12N4O. The van der Waals surface area contributed by atoms with Gasteiger partial charge in [0.05, 0.1) is 17.1 Å². The Hall–Kier alpha value is -2.43. The van der Waals surface area contributed by atoms with Crippen molar-refractivity contribution < 1.29 is 0 Å². The first kappa shape index (κ1) is 10.7. The average Bonchev–Trinajstić information content (AvgIpc) is 2.90. The Bertz CT molecular complexity index is 772. The third kappa shape index (κ3) is 1.52. The first-order valence-electron chi connectivity index (χ1n) is 5.63. The summed E-state index contributed by atoms with van der Waals surface area (Å²) in [5.41, 5.74) is 2.62. The second-order valence-corrected chi connectivity index (χ2v) is 4.24. The van der Waals surface area contributed by atoms with Crippen LogP contribution >= 0.6 is 0 Å². The maximum Gasteiger partial charge on any atom is 0.261 e. The first-order valence-corrected chi connectivity index (χ1v) is 5.63. The van der Waals surface area contributed by atoms with E-state index in [9.17, 15) is 4.79 Å². The van der Waals surface area contributed by atoms with Crippen molar-refractivity contribution in [3.05, 3.63) is 46.8 Å². The van der Waals surface area contributed by atoms with E-state index < -0.39 is 0 Å². The van der Waals surface area contributed by atoms with Gasteiger partial charge in [0.2, 0.25) is 0 Å². The summed E-state index contributed by atoms with van der Waals surface area (Å²) >= 11 is 0. The minimum Gasteiger partial charge on any atom is -0.299 e. The highest BCUT2D eigenvalue weighted by Gasteiger charge is 2.07. The number of aromatic amines is 1. The molecule has 0 bridgehead atoms. The molecule has 0 spiro atoms. The molecule has 2 aromatic heterocycles. The summed E-state index contributed by atoms with van der Waals surface area (Å²) < 4.78 is 1.56. The second kappa shape index (κ2) is 3.80. The van der Waals surface area contributed by atoms with Gasteiger partial charge in [-0.2, -0.15) is 5.10 Å². The van der Waals surface area contributed by atoms with Crippen LogP contribution in [0, 0.1) is 6.92 Å². The van der Waals surface area contributed by atoms with Gasteiger partial charge in [0.1, 0.15) is 5.82 Å². The van der Waals surface area contributed by atoms with Gasteiger partial charge in [0.15, 0.2) is 0 Å². The Kier molecular flexibility index (Phi) is 2.26. The molecule has 0 unspecified atom stereocenters. The molecule has 0 radical (unpaired) electrons. The molecular weight excluding hydrogens is 228 g/mol. The number of nitrogens with one attached hydrogen (secondary N) is 1. The molecule has 90 valence electrons. The highest BCUT2D eigenvalue weighted by molar-refractivity contribution is 5.83. The molecule has 0 saturated carbocycles. The van der Waals surface area contributed by atoms with Crippen molar-refractivity contribution in [1.29, 1.82) is 0 Å². The van der Waals surface area contributed by atoms with Gasteiger partial charge in [-0.15, -0.1) is 0 Å². The van der Waals surface area contributed by atoms with Crippen LogP contribution in [0.5, 0.6) is 0 Å². The predicted octanol–water partition coefficient (Wildman–Crippen LogP) is 1.63. The summed E-state index contributed by atoms with van der Waals surface area (Å²) in [5, 5.41) is 7.30. The Labute approximate surface area is 103 Å². The standard InChI is InChI=1S/C13H12N4O/c1-8-16-12-4-3-9(10-6-14-15-7-10)5-11(12)13(18)17(8)2/h3-7H,1-2H3,(H,14,15). The summed E-state index contributed by atoms with van der Waals surface area (Å²) in [4.78, 5) is 16.6. The predicted molar refractivity (Wildman–Crippen MR) is 69.3 cm³/mol. The van der Waals surface area contributed by atoms with E-state index in [0.717, 1.165) is 16.6 Å². The van der Waals surface area contributed by atoms with E-state index in [4.69, 9.17) is 0 Å². The molecule has 2 heterocycles. The molecule has 3 rings (SSSR count). The molecule has 0 amide bonds. The number of rotatable bonds is 1. The lowest BCUT2D eigenvalue weighted by Gasteiger charge is -2.06. The molecule has 0 fully saturated rings. The zero-order valence-electron chi connectivity index (χ0n) is 10.1. The fourth-order valence-corrected chi connectivity index (χ4v) is 1.97. The number of aromatic nitrogens is 4. The van der Waals surface area contributed by atoms with Crippen molar-refractivity contribution in [2.75, 3.05) is 0 Å². The minimum absolute atomic E-state index is 0.0251. The van der Waals surface area contributed by atoms with Crippen LogP contribution in [0.15, 0.2) is 35.4 Å². The van der Waals surface area contributed by atoms with Crippen molar-refractivity contribution in [3.8, 4) is 11.1 Å². The number of H-pyrrole nitrogens is 1. The quantitative estimate of drug-likeness (QED) is 0.703. The highest BCUT2D eigenvalue weighted by Crippen LogP contribution is 2.20. The molecule has 5 heteroatoms. The molecule has 18 heavy (non-hydrogen) atoms. The van der Waals surface area contributed by atoms with Crippen molar-refractivity contribution >= 4 is 10.9 Å². The maximum absolute atomic E-state index is 12.2. The molecule has 0 aliphatic rings. The lowest BCUT2D eigenvalue weighted by Crippen LogP contribution is -2.20. The minimum atomic E-state index is -0.0251. The van der Waals surface area contributed by atoms with Gasteiger partial charge in [0.25, 0.3) is 5.56 Å². The van der Waals surface area contributed by atoms with E-state index in [0.29, 0.717) is 11.2 Å². The third-order valence-electron chi connectivity index (χ3n) is 3.13. The SMILES string of the molecule is Cc1nc2ccc(-c3cn[nH]c3)cc2c(=O)n1C. The van der Waals surface area contributed by atoms with Crippen LogP contribution in [0.4, 0.5) is 0 Å². The van der Waals surface area contributed by atoms with Crippen LogP contribution < -0.4 is 5.56 Å². The number of fused-ring (bicyclic) bond motifs is 1. The molecule has 0 aliphatic carbocycles. The van der Waals surface area contributed by atoms with E-state index in [1.165, 1.54) is 0 Å². The van der Waals surface area contributed by atoms with Crippen LogP contribution in [0.1, 0.15) is 5.82 Å². The van der Waals surface area contributed by atoms with Crippen LogP contribution in [0.2, 0.25) is 0 Å². The van der Waals surface area contributed by atoms with E-state index in [1.807, 2.05) is 25.1 Å². The van der Waals surface area contributed by atoms with E-state index >= 15 is 0 Å². The number of hydrogen-bond acceptors (Lipinski definition) is 3. The van der Waals surface area contributed by atoms with E-state index in [-0.39, 0.29) is 5.56 Å². The fraction of sp³-hybridized carbons (Fsp3) is 0.154. The molecule has 1 N–H and O–H groups in total. The molecule has 0 aliphatic heterocycles. The van der Waals surface area contributed by atoms with Gasteiger partial charge < -0.3 is 0 Å². The largest absolute Gasteiger partial charge is 0.299 e. The van der Waals surface area contributed by atoms with Gasteiger partial charge in [-0.1, -0.05) is 6.07 Å². The molecule has 0 atom stereocenters. The van der Waals surface area contributed by atoms with E-state index in [2.05, 4.69) is 15.2 Å². The highest BCUT2D eigenvalue weighted by atomic mass is 16.1. The number of benzene rings is 1. The first-order chi connectivity index (χ1) is 8.66. The molecule has 3 aromatic rings. The van der Waals surface area contributed by atoms with Gasteiger partial charge in [0, 0.05) is 18.8 Å². The van der Waals surface area contributed by atoms with Gasteiger partial charge in [-0.05, 0) is 24.6 Å². The van der Waals surface area contributed by atoms with Crippen LogP contribution in [0.25, 0.3) is 22.0 Å². The second-order valence-electron chi connectivity index (χ2n) is 4.24. The summed E-state index contributed by atoms with van der Waals surface area (Å²) in [6.45, 7) is 1.82. The van der Waals surface area contributed by atoms with Crippen LogP contribution in [0.3, 0.4) is 0 Å². The third-order valence-corrected chi connectivity index (χ3v) is 3.13. The Morgan fingerprint density at radius 3 is 2.83 bits per heavy atom. The number of nitrogens with zero attached hydrogens (tertiary/aromatic N) is 3. The monoisotopic (exact) mass is 240 g/mol. The lowest BCUT2D eigenvalue weighted by atomic mass is 10.1. The van der Waals surface area contributed by atoms with Crippen molar-refractivity contribution in [3.63, 3.8) is 0 Å². The summed E-state index contributed by atoms with van der Waals surface area (Å²) in [7, 11) is 1.73. The molecule has 5 nitrogen and oxygen atoms in total. The van der Waals surface area contributed by atoms with Gasteiger partial charge in [-0.3, -0.25) is 14.5 Å². The zero-order valence-corrected chi connectivity index (χ0v) is 10.1. The van der Waals surface area contributed by atoms with E-state index in [1.54, 1.807) is 24.0 Å². The number of aryl methyl sites for hydroxylation is 1. The van der Waals surface area contributed by atoms with Crippen molar-refractivity contribution in [1.82, 2.24) is 19.7 Å². The van der Waals surface area contributed by atoms with Crippen molar-refractivity contribution in [2.45, 2.75) is 6.92 Å². The number of hydrogen-bond donors (Lipinski definition) is 1. The van der Waals surface area contributed by atoms with Gasteiger partial charge >= 0.3 is 0 Å². The lowest BCUT2D eigenvalue weighted by molar-refractivity contribution is 0.792. The summed E-state index contributed by atoms with van der Waals surface area (Å²) in [6.07, 6.45) is 3.53. The Morgan fingerprint density at radius 1 is 1.28 bits per heavy atom. The maximum atomic E-state index is 12.2.